The van der Waals surface area contributed by atoms with Gasteiger partial charge in [0.25, 0.3) is 11.6 Å². The van der Waals surface area contributed by atoms with Crippen LogP contribution in [0.1, 0.15) is 16.1 Å². The van der Waals surface area contributed by atoms with Gasteiger partial charge < -0.3 is 10.6 Å². The second-order valence-electron chi connectivity index (χ2n) is 5.28. The molecule has 132 valence electrons. The molecule has 0 aliphatic heterocycles. The summed E-state index contributed by atoms with van der Waals surface area (Å²) in [6, 6.07) is 11.7. The molecule has 0 radical (unpaired) electrons. The number of anilines is 2. The van der Waals surface area contributed by atoms with Crippen molar-refractivity contribution in [2.75, 3.05) is 5.32 Å². The second-order valence-corrected chi connectivity index (χ2v) is 6.13. The van der Waals surface area contributed by atoms with E-state index < -0.39 is 4.92 Å². The minimum absolute atomic E-state index is 0.00362. The lowest BCUT2D eigenvalue weighted by molar-refractivity contribution is -0.384. The van der Waals surface area contributed by atoms with Crippen molar-refractivity contribution in [3.63, 3.8) is 0 Å². The number of nitro benzene ring substituents is 1. The SMILES string of the molecule is O=C(NCc1ccc([N+](=O)[O-])cc1)c1csc(Nc2ccc(F)cc2)n1. The Labute approximate surface area is 151 Å². The lowest BCUT2D eigenvalue weighted by atomic mass is 10.2. The third kappa shape index (κ3) is 4.39. The number of rotatable bonds is 6. The molecule has 3 aromatic rings. The first-order valence-corrected chi connectivity index (χ1v) is 8.39. The lowest BCUT2D eigenvalue weighted by Gasteiger charge is -2.04. The average Bonchev–Trinajstić information content (AvgIpc) is 3.10. The van der Waals surface area contributed by atoms with Gasteiger partial charge in [0.1, 0.15) is 11.5 Å². The standard InChI is InChI=1S/C17H13FN4O3S/c18-12-3-5-13(6-4-12)20-17-21-15(10-26-17)16(23)19-9-11-1-7-14(8-2-11)22(24)25/h1-8,10H,9H2,(H,19,23)(H,20,21). The van der Waals surface area contributed by atoms with E-state index in [0.29, 0.717) is 10.8 Å². The Morgan fingerprint density at radius 1 is 1.15 bits per heavy atom. The van der Waals surface area contributed by atoms with Crippen LogP contribution in [0.25, 0.3) is 0 Å². The van der Waals surface area contributed by atoms with Crippen LogP contribution in [-0.2, 0) is 6.54 Å². The van der Waals surface area contributed by atoms with Gasteiger partial charge in [-0.05, 0) is 29.8 Å². The Hall–Kier alpha value is -3.33. The molecule has 0 fully saturated rings. The number of nitrogens with one attached hydrogen (secondary N) is 2. The Bertz CT molecular complexity index is 926. The zero-order chi connectivity index (χ0) is 18.5. The Morgan fingerprint density at radius 3 is 2.50 bits per heavy atom. The summed E-state index contributed by atoms with van der Waals surface area (Å²) in [5.74, 6) is -0.687. The second kappa shape index (κ2) is 7.70. The first-order valence-electron chi connectivity index (χ1n) is 7.51. The number of halogens is 1. The molecule has 0 spiro atoms. The van der Waals surface area contributed by atoms with Gasteiger partial charge in [-0.2, -0.15) is 0 Å². The first kappa shape index (κ1) is 17.5. The van der Waals surface area contributed by atoms with Crippen LogP contribution >= 0.6 is 11.3 Å². The summed E-state index contributed by atoms with van der Waals surface area (Å²) in [7, 11) is 0. The Balaban J connectivity index is 1.57. The summed E-state index contributed by atoms with van der Waals surface area (Å²) in [6.07, 6.45) is 0. The zero-order valence-electron chi connectivity index (χ0n) is 13.3. The summed E-state index contributed by atoms with van der Waals surface area (Å²) in [4.78, 5) is 26.5. The van der Waals surface area contributed by atoms with Crippen molar-refractivity contribution in [2.24, 2.45) is 0 Å². The van der Waals surface area contributed by atoms with Crippen LogP contribution in [0.15, 0.2) is 53.9 Å². The third-order valence-corrected chi connectivity index (χ3v) is 4.19. The van der Waals surface area contributed by atoms with E-state index in [1.807, 2.05) is 0 Å². The molecule has 0 saturated heterocycles. The van der Waals surface area contributed by atoms with Crippen molar-refractivity contribution in [2.45, 2.75) is 6.54 Å². The van der Waals surface area contributed by atoms with E-state index in [2.05, 4.69) is 15.6 Å². The number of hydrogen-bond donors (Lipinski definition) is 2. The summed E-state index contributed by atoms with van der Waals surface area (Å²) >= 11 is 1.25. The molecule has 26 heavy (non-hydrogen) atoms. The molecule has 2 N–H and O–H groups in total. The molecule has 0 aliphatic carbocycles. The molecule has 3 rings (SSSR count). The van der Waals surface area contributed by atoms with E-state index in [-0.39, 0.29) is 29.7 Å². The normalized spacial score (nSPS) is 10.3. The van der Waals surface area contributed by atoms with Crippen LogP contribution in [-0.4, -0.2) is 15.8 Å². The Morgan fingerprint density at radius 2 is 1.85 bits per heavy atom. The molecule has 9 heteroatoms. The van der Waals surface area contributed by atoms with E-state index >= 15 is 0 Å². The van der Waals surface area contributed by atoms with Crippen molar-refractivity contribution in [1.29, 1.82) is 0 Å². The van der Waals surface area contributed by atoms with Crippen LogP contribution < -0.4 is 10.6 Å². The van der Waals surface area contributed by atoms with Crippen LogP contribution in [0.5, 0.6) is 0 Å². The molecular formula is C17H13FN4O3S. The van der Waals surface area contributed by atoms with Crippen LogP contribution in [0.4, 0.5) is 20.9 Å². The number of thiazole rings is 1. The van der Waals surface area contributed by atoms with Gasteiger partial charge in [0.05, 0.1) is 4.92 Å². The van der Waals surface area contributed by atoms with Crippen LogP contribution in [0.2, 0.25) is 0 Å². The fourth-order valence-corrected chi connectivity index (χ4v) is 2.81. The number of hydrogen-bond acceptors (Lipinski definition) is 6. The molecule has 1 aromatic heterocycles. The molecule has 0 unspecified atom stereocenters. The zero-order valence-corrected chi connectivity index (χ0v) is 14.1. The van der Waals surface area contributed by atoms with E-state index in [0.717, 1.165) is 5.56 Å². The molecule has 0 aliphatic rings. The number of benzene rings is 2. The minimum atomic E-state index is -0.479. The van der Waals surface area contributed by atoms with Crippen molar-refractivity contribution in [1.82, 2.24) is 10.3 Å². The van der Waals surface area contributed by atoms with E-state index in [9.17, 15) is 19.3 Å². The van der Waals surface area contributed by atoms with E-state index in [1.165, 1.54) is 35.6 Å². The first-order chi connectivity index (χ1) is 12.5. The maximum Gasteiger partial charge on any atom is 0.271 e. The molecule has 0 atom stereocenters. The summed E-state index contributed by atoms with van der Waals surface area (Å²) in [5, 5.41) is 18.4. The topological polar surface area (TPSA) is 97.2 Å². The fourth-order valence-electron chi connectivity index (χ4n) is 2.10. The maximum absolute atomic E-state index is 12.9. The smallest absolute Gasteiger partial charge is 0.271 e. The number of nitrogens with zero attached hydrogens (tertiary/aromatic N) is 2. The van der Waals surface area contributed by atoms with Gasteiger partial charge in [-0.15, -0.1) is 11.3 Å². The fraction of sp³-hybridized carbons (Fsp3) is 0.0588. The molecular weight excluding hydrogens is 359 g/mol. The Kier molecular flexibility index (Phi) is 5.18. The number of carbonyl (C=O) groups is 1. The van der Waals surface area contributed by atoms with E-state index in [1.54, 1.807) is 29.6 Å². The number of non-ortho nitro benzene ring substituents is 1. The molecule has 0 saturated carbocycles. The monoisotopic (exact) mass is 372 g/mol. The number of carbonyl (C=O) groups excluding carboxylic acids is 1. The van der Waals surface area contributed by atoms with Gasteiger partial charge in [0.2, 0.25) is 0 Å². The van der Waals surface area contributed by atoms with Gasteiger partial charge in [-0.25, -0.2) is 9.37 Å². The highest BCUT2D eigenvalue weighted by molar-refractivity contribution is 7.14. The highest BCUT2D eigenvalue weighted by Crippen LogP contribution is 2.21. The maximum atomic E-state index is 12.9. The summed E-state index contributed by atoms with van der Waals surface area (Å²) in [6.45, 7) is 0.231. The van der Waals surface area contributed by atoms with Gasteiger partial charge >= 0.3 is 0 Å². The molecule has 1 heterocycles. The number of aromatic nitrogens is 1. The molecule has 7 nitrogen and oxygen atoms in total. The van der Waals surface area contributed by atoms with Crippen molar-refractivity contribution in [3.8, 4) is 0 Å². The third-order valence-electron chi connectivity index (χ3n) is 3.43. The lowest BCUT2D eigenvalue weighted by Crippen LogP contribution is -2.23. The minimum Gasteiger partial charge on any atom is -0.347 e. The predicted molar refractivity (Wildman–Crippen MR) is 96.1 cm³/mol. The highest BCUT2D eigenvalue weighted by atomic mass is 32.1. The molecule has 2 aromatic carbocycles. The molecule has 1 amide bonds. The van der Waals surface area contributed by atoms with Crippen LogP contribution in [0, 0.1) is 15.9 Å². The van der Waals surface area contributed by atoms with Crippen molar-refractivity contribution >= 4 is 33.8 Å². The quantitative estimate of drug-likeness (QED) is 0.506. The number of amides is 1. The summed E-state index contributed by atoms with van der Waals surface area (Å²) in [5.41, 5.74) is 1.65. The number of nitro groups is 1. The highest BCUT2D eigenvalue weighted by Gasteiger charge is 2.11. The van der Waals surface area contributed by atoms with Gasteiger partial charge in [0.15, 0.2) is 5.13 Å². The van der Waals surface area contributed by atoms with Crippen molar-refractivity contribution in [3.05, 3.63) is 81.1 Å². The summed E-state index contributed by atoms with van der Waals surface area (Å²) < 4.78 is 12.9. The van der Waals surface area contributed by atoms with E-state index in [4.69, 9.17) is 0 Å². The molecule has 0 bridgehead atoms. The largest absolute Gasteiger partial charge is 0.347 e. The van der Waals surface area contributed by atoms with Crippen LogP contribution in [0.3, 0.4) is 0 Å². The predicted octanol–water partition coefficient (Wildman–Crippen LogP) is 3.86. The average molecular weight is 372 g/mol. The van der Waals surface area contributed by atoms with Gasteiger partial charge in [-0.1, -0.05) is 12.1 Å². The van der Waals surface area contributed by atoms with Gasteiger partial charge in [0, 0.05) is 29.7 Å². The van der Waals surface area contributed by atoms with Gasteiger partial charge in [-0.3, -0.25) is 14.9 Å². The van der Waals surface area contributed by atoms with Crippen molar-refractivity contribution < 1.29 is 14.1 Å².